The van der Waals surface area contributed by atoms with Gasteiger partial charge in [-0.15, -0.1) is 10.2 Å². The Morgan fingerprint density at radius 1 is 1.00 bits per heavy atom. The lowest BCUT2D eigenvalue weighted by atomic mass is 10.1. The lowest BCUT2D eigenvalue weighted by Gasteiger charge is -2.13. The number of rotatable bonds is 4. The molecule has 6 heteroatoms. The largest absolute Gasteiger partial charge is 0.493 e. The molecule has 0 saturated heterocycles. The van der Waals surface area contributed by atoms with Crippen LogP contribution in [0.15, 0.2) is 77.0 Å². The number of hydrogen-bond donors (Lipinski definition) is 2. The van der Waals surface area contributed by atoms with Gasteiger partial charge < -0.3 is 14.8 Å². The Kier molecular flexibility index (Phi) is 4.30. The molecule has 3 aromatic carbocycles. The maximum absolute atomic E-state index is 12.3. The van der Waals surface area contributed by atoms with Gasteiger partial charge in [-0.05, 0) is 24.4 Å². The van der Waals surface area contributed by atoms with Crippen LogP contribution in [0.2, 0.25) is 0 Å². The van der Waals surface area contributed by atoms with Gasteiger partial charge in [-0.1, -0.05) is 54.6 Å². The average molecular weight is 359 g/mol. The number of aromatic amines is 1. The minimum Gasteiger partial charge on any atom is -0.493 e. The van der Waals surface area contributed by atoms with Crippen molar-refractivity contribution in [3.8, 4) is 11.6 Å². The fourth-order valence-corrected chi connectivity index (χ4v) is 2.93. The molecule has 0 fully saturated rings. The van der Waals surface area contributed by atoms with Crippen LogP contribution < -0.4 is 4.74 Å². The molecule has 4 rings (SSSR count). The van der Waals surface area contributed by atoms with Crippen molar-refractivity contribution < 1.29 is 14.6 Å². The molecule has 134 valence electrons. The number of amides is 1. The monoisotopic (exact) mass is 359 g/mol. The third-order valence-electron chi connectivity index (χ3n) is 4.31. The summed E-state index contributed by atoms with van der Waals surface area (Å²) in [5.41, 5.74) is 0.952. The second kappa shape index (κ2) is 6.92. The maximum Gasteiger partial charge on any atom is 0.304 e. The highest BCUT2D eigenvalue weighted by atomic mass is 16.5. The number of fused-ring (bicyclic) bond motifs is 2. The summed E-state index contributed by atoms with van der Waals surface area (Å²) >= 11 is 0. The van der Waals surface area contributed by atoms with Crippen LogP contribution >= 0.6 is 0 Å². The number of benzene rings is 3. The van der Waals surface area contributed by atoms with Crippen LogP contribution in [0.25, 0.3) is 21.7 Å². The highest BCUT2D eigenvalue weighted by molar-refractivity contribution is 5.94. The molecular weight excluding hydrogens is 342 g/mol. The fourth-order valence-electron chi connectivity index (χ4n) is 2.93. The van der Waals surface area contributed by atoms with Gasteiger partial charge in [0.05, 0.1) is 5.52 Å². The van der Waals surface area contributed by atoms with Crippen LogP contribution in [0.3, 0.4) is 0 Å². The van der Waals surface area contributed by atoms with Gasteiger partial charge in [0.1, 0.15) is 5.75 Å². The first-order valence-corrected chi connectivity index (χ1v) is 8.53. The topological polar surface area (TPSA) is 87.0 Å². The molecule has 1 aromatic heterocycles. The molecule has 0 spiro atoms. The molecule has 0 aliphatic rings. The third-order valence-corrected chi connectivity index (χ3v) is 4.31. The van der Waals surface area contributed by atoms with Crippen molar-refractivity contribution in [1.82, 2.24) is 4.98 Å². The second-order valence-electron chi connectivity index (χ2n) is 6.14. The second-order valence-corrected chi connectivity index (χ2v) is 6.14. The number of nitrogens with zero attached hydrogens (tertiary/aromatic N) is 2. The summed E-state index contributed by atoms with van der Waals surface area (Å²) in [4.78, 5) is 15.1. The Morgan fingerprint density at radius 2 is 1.70 bits per heavy atom. The Hall–Kier alpha value is -3.67. The van der Waals surface area contributed by atoms with Gasteiger partial charge in [0, 0.05) is 10.8 Å². The van der Waals surface area contributed by atoms with Gasteiger partial charge in [0.25, 0.3) is 0 Å². The summed E-state index contributed by atoms with van der Waals surface area (Å²) in [6, 6.07) is 20.7. The molecule has 0 bridgehead atoms. The van der Waals surface area contributed by atoms with Gasteiger partial charge in [0.2, 0.25) is 5.88 Å². The van der Waals surface area contributed by atoms with Crippen molar-refractivity contribution in [1.29, 1.82) is 0 Å². The number of azo groups is 1. The highest BCUT2D eigenvalue weighted by Gasteiger charge is 2.17. The zero-order valence-electron chi connectivity index (χ0n) is 14.6. The standard InChI is InChI=1S/C21H17N3O3/c1-13(27-18-12-6-8-14-7-2-3-9-15(14)18)20(25)24-23-19-16-10-4-5-11-17(16)22-21(19)26/h2-13,22,26H,1H3. The Morgan fingerprint density at radius 3 is 2.56 bits per heavy atom. The number of aromatic nitrogens is 1. The van der Waals surface area contributed by atoms with Gasteiger partial charge in [-0.2, -0.15) is 0 Å². The van der Waals surface area contributed by atoms with E-state index >= 15 is 0 Å². The number of carbonyl (C=O) groups is 1. The molecule has 0 saturated carbocycles. The van der Waals surface area contributed by atoms with Gasteiger partial charge in [0.15, 0.2) is 11.8 Å². The lowest BCUT2D eigenvalue weighted by Crippen LogP contribution is -2.21. The van der Waals surface area contributed by atoms with E-state index in [0.29, 0.717) is 11.1 Å². The summed E-state index contributed by atoms with van der Waals surface area (Å²) in [5, 5.41) is 20.3. The quantitative estimate of drug-likeness (QED) is 0.497. The van der Waals surface area contributed by atoms with Crippen LogP contribution in [0.1, 0.15) is 6.92 Å². The molecule has 1 heterocycles. The van der Waals surface area contributed by atoms with Crippen molar-refractivity contribution in [3.63, 3.8) is 0 Å². The van der Waals surface area contributed by atoms with E-state index in [1.54, 1.807) is 13.0 Å². The van der Waals surface area contributed by atoms with Crippen LogP contribution in [0.4, 0.5) is 5.69 Å². The predicted molar refractivity (Wildman–Crippen MR) is 104 cm³/mol. The van der Waals surface area contributed by atoms with E-state index < -0.39 is 12.0 Å². The van der Waals surface area contributed by atoms with Crippen LogP contribution in [-0.4, -0.2) is 22.1 Å². The smallest absolute Gasteiger partial charge is 0.304 e. The summed E-state index contributed by atoms with van der Waals surface area (Å²) < 4.78 is 5.80. The summed E-state index contributed by atoms with van der Waals surface area (Å²) in [6.45, 7) is 1.62. The van der Waals surface area contributed by atoms with Crippen molar-refractivity contribution in [2.45, 2.75) is 13.0 Å². The van der Waals surface area contributed by atoms with E-state index in [-0.39, 0.29) is 11.6 Å². The number of hydrogen-bond acceptors (Lipinski definition) is 4. The minimum atomic E-state index is -0.813. The van der Waals surface area contributed by atoms with Crippen molar-refractivity contribution in [3.05, 3.63) is 66.7 Å². The molecule has 1 atom stereocenters. The molecule has 4 aromatic rings. The Bertz CT molecular complexity index is 1160. The van der Waals surface area contributed by atoms with E-state index in [1.807, 2.05) is 60.7 Å². The van der Waals surface area contributed by atoms with Crippen LogP contribution in [-0.2, 0) is 4.79 Å². The number of para-hydroxylation sites is 1. The van der Waals surface area contributed by atoms with Gasteiger partial charge in [-0.25, -0.2) is 0 Å². The number of aromatic hydroxyl groups is 1. The number of H-pyrrole nitrogens is 1. The van der Waals surface area contributed by atoms with E-state index in [0.717, 1.165) is 16.3 Å². The number of ether oxygens (including phenoxy) is 1. The molecule has 0 aliphatic heterocycles. The predicted octanol–water partition coefficient (Wildman–Crippen LogP) is 5.10. The number of carbonyl (C=O) groups excluding carboxylic acids is 1. The van der Waals surface area contributed by atoms with Crippen molar-refractivity contribution in [2.75, 3.05) is 0 Å². The van der Waals surface area contributed by atoms with Crippen LogP contribution in [0.5, 0.6) is 11.6 Å². The van der Waals surface area contributed by atoms with E-state index in [9.17, 15) is 9.90 Å². The maximum atomic E-state index is 12.3. The fraction of sp³-hybridized carbons (Fsp3) is 0.0952. The van der Waals surface area contributed by atoms with Crippen molar-refractivity contribution >= 4 is 33.3 Å². The SMILES string of the molecule is CC(Oc1cccc2ccccc12)C(=O)N=Nc1c(O)[nH]c2ccccc12. The molecule has 1 amide bonds. The average Bonchev–Trinajstić information content (AvgIpc) is 3.01. The Labute approximate surface area is 155 Å². The lowest BCUT2D eigenvalue weighted by molar-refractivity contribution is -0.124. The van der Waals surface area contributed by atoms with E-state index in [2.05, 4.69) is 15.2 Å². The summed E-state index contributed by atoms with van der Waals surface area (Å²) in [7, 11) is 0. The highest BCUT2D eigenvalue weighted by Crippen LogP contribution is 2.35. The Balaban J connectivity index is 1.55. The zero-order valence-corrected chi connectivity index (χ0v) is 14.6. The van der Waals surface area contributed by atoms with E-state index in [1.165, 1.54) is 0 Å². The first kappa shape index (κ1) is 16.8. The van der Waals surface area contributed by atoms with Gasteiger partial charge in [-0.3, -0.25) is 4.79 Å². The normalized spacial score (nSPS) is 12.6. The molecule has 6 nitrogen and oxygen atoms in total. The first-order chi connectivity index (χ1) is 13.1. The van der Waals surface area contributed by atoms with Gasteiger partial charge >= 0.3 is 5.91 Å². The molecule has 0 aliphatic carbocycles. The number of nitrogens with one attached hydrogen (secondary N) is 1. The van der Waals surface area contributed by atoms with Crippen molar-refractivity contribution in [2.24, 2.45) is 10.2 Å². The molecule has 2 N–H and O–H groups in total. The summed E-state index contributed by atoms with van der Waals surface area (Å²) in [6.07, 6.45) is -0.813. The molecule has 0 radical (unpaired) electrons. The summed E-state index contributed by atoms with van der Waals surface area (Å²) in [5.74, 6) is -0.0536. The molecule has 27 heavy (non-hydrogen) atoms. The molecule has 1 unspecified atom stereocenters. The molecular formula is C21H17N3O3. The van der Waals surface area contributed by atoms with Crippen LogP contribution in [0, 0.1) is 0 Å². The first-order valence-electron chi connectivity index (χ1n) is 8.53. The zero-order chi connectivity index (χ0) is 18.8. The van der Waals surface area contributed by atoms with E-state index in [4.69, 9.17) is 4.74 Å². The third kappa shape index (κ3) is 3.25. The minimum absolute atomic E-state index is 0.129.